The Labute approximate surface area is 169 Å². The van der Waals surface area contributed by atoms with Crippen LogP contribution in [0.1, 0.15) is 34.8 Å². The second kappa shape index (κ2) is 8.73. The lowest BCUT2D eigenvalue weighted by Gasteiger charge is -2.20. The molecule has 0 atom stereocenters. The zero-order valence-electron chi connectivity index (χ0n) is 16.2. The molecular weight excluding hydrogens is 364 g/mol. The van der Waals surface area contributed by atoms with Gasteiger partial charge < -0.3 is 10.6 Å². The number of carbonyl (C=O) groups excluding carboxylic acids is 1. The van der Waals surface area contributed by atoms with Crippen molar-refractivity contribution in [3.05, 3.63) is 99.5 Å². The van der Waals surface area contributed by atoms with Gasteiger partial charge in [-0.25, -0.2) is 9.48 Å². The highest BCUT2D eigenvalue weighted by atomic mass is 16.2. The maximum Gasteiger partial charge on any atom is 0.315 e. The number of aromatic nitrogens is 2. The van der Waals surface area contributed by atoms with Crippen LogP contribution in [0.5, 0.6) is 0 Å². The molecule has 0 aliphatic heterocycles. The minimum absolute atomic E-state index is 0.112. The SMILES string of the molecule is O=C(NCCn1nc2c(cc1=O)CCC2)NC(c1ccccc1)c1ccccc1. The summed E-state index contributed by atoms with van der Waals surface area (Å²) in [6, 6.07) is 20.8. The van der Waals surface area contributed by atoms with Gasteiger partial charge in [0.05, 0.1) is 18.3 Å². The number of urea groups is 1. The molecule has 4 rings (SSSR count). The van der Waals surface area contributed by atoms with Crippen LogP contribution >= 0.6 is 0 Å². The lowest BCUT2D eigenvalue weighted by molar-refractivity contribution is 0.238. The Bertz CT molecular complexity index is 992. The third-order valence-corrected chi connectivity index (χ3v) is 5.17. The largest absolute Gasteiger partial charge is 0.336 e. The molecule has 0 saturated heterocycles. The van der Waals surface area contributed by atoms with Gasteiger partial charge in [-0.15, -0.1) is 0 Å². The lowest BCUT2D eigenvalue weighted by atomic mass is 9.99. The number of fused-ring (bicyclic) bond motifs is 1. The zero-order chi connectivity index (χ0) is 20.1. The zero-order valence-corrected chi connectivity index (χ0v) is 16.2. The Morgan fingerprint density at radius 1 is 1.00 bits per heavy atom. The molecule has 0 bridgehead atoms. The molecule has 0 spiro atoms. The van der Waals surface area contributed by atoms with E-state index in [1.54, 1.807) is 6.07 Å². The van der Waals surface area contributed by atoms with E-state index < -0.39 is 0 Å². The molecule has 3 aromatic rings. The molecule has 0 fully saturated rings. The van der Waals surface area contributed by atoms with Crippen LogP contribution in [0.15, 0.2) is 71.5 Å². The maximum atomic E-state index is 12.5. The van der Waals surface area contributed by atoms with Crippen molar-refractivity contribution in [3.8, 4) is 0 Å². The summed E-state index contributed by atoms with van der Waals surface area (Å²) in [4.78, 5) is 24.7. The molecule has 2 N–H and O–H groups in total. The van der Waals surface area contributed by atoms with Gasteiger partial charge >= 0.3 is 6.03 Å². The fraction of sp³-hybridized carbons (Fsp3) is 0.261. The summed E-state index contributed by atoms with van der Waals surface area (Å²) in [5.41, 5.74) is 3.96. The first-order valence-electron chi connectivity index (χ1n) is 9.95. The predicted molar refractivity (Wildman–Crippen MR) is 112 cm³/mol. The standard InChI is InChI=1S/C23H24N4O2/c28-21-16-19-12-7-13-20(19)26-27(21)15-14-24-23(29)25-22(17-8-3-1-4-9-17)18-10-5-2-6-11-18/h1-6,8-11,16,22H,7,12-15H2,(H2,24,25,29). The summed E-state index contributed by atoms with van der Waals surface area (Å²) in [5.74, 6) is 0. The van der Waals surface area contributed by atoms with Gasteiger partial charge in [0.1, 0.15) is 0 Å². The normalized spacial score (nSPS) is 12.6. The van der Waals surface area contributed by atoms with Gasteiger partial charge in [-0.1, -0.05) is 60.7 Å². The van der Waals surface area contributed by atoms with Gasteiger partial charge in [0.2, 0.25) is 0 Å². The third kappa shape index (κ3) is 4.54. The summed E-state index contributed by atoms with van der Waals surface area (Å²) in [6.45, 7) is 0.675. The number of benzene rings is 2. The van der Waals surface area contributed by atoms with Gasteiger partial charge in [-0.3, -0.25) is 4.79 Å². The average molecular weight is 388 g/mol. The van der Waals surface area contributed by atoms with Crippen LogP contribution in [-0.4, -0.2) is 22.4 Å². The molecular formula is C23H24N4O2. The highest BCUT2D eigenvalue weighted by molar-refractivity contribution is 5.75. The number of hydrogen-bond donors (Lipinski definition) is 2. The van der Waals surface area contributed by atoms with Crippen molar-refractivity contribution in [1.82, 2.24) is 20.4 Å². The van der Waals surface area contributed by atoms with E-state index in [4.69, 9.17) is 0 Å². The minimum atomic E-state index is -0.281. The van der Waals surface area contributed by atoms with Gasteiger partial charge in [0.25, 0.3) is 5.56 Å². The highest BCUT2D eigenvalue weighted by Crippen LogP contribution is 2.21. The lowest BCUT2D eigenvalue weighted by Crippen LogP contribution is -2.40. The Hall–Kier alpha value is -3.41. The van der Waals surface area contributed by atoms with Crippen LogP contribution in [0.3, 0.4) is 0 Å². The fourth-order valence-corrected chi connectivity index (χ4v) is 3.71. The molecule has 6 heteroatoms. The Morgan fingerprint density at radius 3 is 2.31 bits per heavy atom. The van der Waals surface area contributed by atoms with Crippen molar-refractivity contribution >= 4 is 6.03 Å². The van der Waals surface area contributed by atoms with Crippen LogP contribution in [0, 0.1) is 0 Å². The summed E-state index contributed by atoms with van der Waals surface area (Å²) < 4.78 is 1.44. The molecule has 0 radical (unpaired) electrons. The molecule has 1 heterocycles. The summed E-state index contributed by atoms with van der Waals surface area (Å²) in [5, 5.41) is 10.3. The van der Waals surface area contributed by atoms with E-state index in [0.29, 0.717) is 13.1 Å². The number of rotatable bonds is 6. The maximum absolute atomic E-state index is 12.5. The summed E-state index contributed by atoms with van der Waals surface area (Å²) in [6.07, 6.45) is 2.89. The van der Waals surface area contributed by atoms with Crippen LogP contribution < -0.4 is 16.2 Å². The van der Waals surface area contributed by atoms with Crippen LogP contribution in [-0.2, 0) is 19.4 Å². The second-order valence-electron chi connectivity index (χ2n) is 7.19. The first-order chi connectivity index (χ1) is 14.2. The molecule has 0 unspecified atom stereocenters. The highest BCUT2D eigenvalue weighted by Gasteiger charge is 2.17. The summed E-state index contributed by atoms with van der Waals surface area (Å²) in [7, 11) is 0. The Kier molecular flexibility index (Phi) is 5.70. The van der Waals surface area contributed by atoms with Crippen LogP contribution in [0.2, 0.25) is 0 Å². The van der Waals surface area contributed by atoms with Crippen molar-refractivity contribution in [2.24, 2.45) is 0 Å². The second-order valence-corrected chi connectivity index (χ2v) is 7.19. The fourth-order valence-electron chi connectivity index (χ4n) is 3.71. The number of carbonyl (C=O) groups is 1. The van der Waals surface area contributed by atoms with E-state index in [-0.39, 0.29) is 17.6 Å². The molecule has 148 valence electrons. The molecule has 29 heavy (non-hydrogen) atoms. The van der Waals surface area contributed by atoms with Crippen molar-refractivity contribution < 1.29 is 4.79 Å². The van der Waals surface area contributed by atoms with Crippen LogP contribution in [0.25, 0.3) is 0 Å². The molecule has 2 amide bonds. The van der Waals surface area contributed by atoms with Crippen molar-refractivity contribution in [2.75, 3.05) is 6.54 Å². The Morgan fingerprint density at radius 2 is 1.66 bits per heavy atom. The molecule has 1 aliphatic carbocycles. The predicted octanol–water partition coefficient (Wildman–Crippen LogP) is 2.82. The number of hydrogen-bond acceptors (Lipinski definition) is 3. The molecule has 2 aromatic carbocycles. The molecule has 6 nitrogen and oxygen atoms in total. The van der Waals surface area contributed by atoms with E-state index in [2.05, 4.69) is 15.7 Å². The van der Waals surface area contributed by atoms with Crippen molar-refractivity contribution in [3.63, 3.8) is 0 Å². The number of nitrogens with zero attached hydrogens (tertiary/aromatic N) is 2. The van der Waals surface area contributed by atoms with Crippen molar-refractivity contribution in [2.45, 2.75) is 31.8 Å². The topological polar surface area (TPSA) is 76.0 Å². The first-order valence-corrected chi connectivity index (χ1v) is 9.95. The molecule has 1 aliphatic rings. The monoisotopic (exact) mass is 388 g/mol. The number of amides is 2. The van der Waals surface area contributed by atoms with E-state index in [1.165, 1.54) is 4.68 Å². The van der Waals surface area contributed by atoms with E-state index in [0.717, 1.165) is 41.6 Å². The van der Waals surface area contributed by atoms with Gasteiger partial charge in [0.15, 0.2) is 0 Å². The quantitative estimate of drug-likeness (QED) is 0.682. The average Bonchev–Trinajstić information content (AvgIpc) is 3.20. The number of aryl methyl sites for hydroxylation is 2. The van der Waals surface area contributed by atoms with Crippen molar-refractivity contribution in [1.29, 1.82) is 0 Å². The smallest absolute Gasteiger partial charge is 0.315 e. The van der Waals surface area contributed by atoms with E-state index >= 15 is 0 Å². The summed E-state index contributed by atoms with van der Waals surface area (Å²) >= 11 is 0. The molecule has 1 aromatic heterocycles. The van der Waals surface area contributed by atoms with Gasteiger partial charge in [-0.2, -0.15) is 5.10 Å². The van der Waals surface area contributed by atoms with Gasteiger partial charge in [0, 0.05) is 12.6 Å². The van der Waals surface area contributed by atoms with E-state index in [9.17, 15) is 9.59 Å². The minimum Gasteiger partial charge on any atom is -0.336 e. The Balaban J connectivity index is 1.39. The van der Waals surface area contributed by atoms with Crippen LogP contribution in [0.4, 0.5) is 4.79 Å². The number of nitrogens with one attached hydrogen (secondary N) is 2. The third-order valence-electron chi connectivity index (χ3n) is 5.17. The van der Waals surface area contributed by atoms with E-state index in [1.807, 2.05) is 60.7 Å². The molecule has 0 saturated carbocycles. The first kappa shape index (κ1) is 18.9. The van der Waals surface area contributed by atoms with Gasteiger partial charge in [-0.05, 0) is 36.0 Å².